The van der Waals surface area contributed by atoms with E-state index in [9.17, 15) is 13.8 Å². The summed E-state index contributed by atoms with van der Waals surface area (Å²) in [5.41, 5.74) is 0.728. The van der Waals surface area contributed by atoms with Crippen molar-refractivity contribution in [3.8, 4) is 0 Å². The number of ketones is 2. The first-order valence-corrected chi connectivity index (χ1v) is 9.47. The summed E-state index contributed by atoms with van der Waals surface area (Å²) in [5, 5.41) is 0. The molecule has 2 bridgehead atoms. The normalized spacial score (nSPS) is 35.5. The van der Waals surface area contributed by atoms with Gasteiger partial charge in [0.15, 0.2) is 11.6 Å². The summed E-state index contributed by atoms with van der Waals surface area (Å²) in [6.07, 6.45) is 5.01. The van der Waals surface area contributed by atoms with Crippen LogP contribution in [0, 0.1) is 30.1 Å². The number of hydrogen-bond donors (Lipinski definition) is 0. The predicted molar refractivity (Wildman–Crippen MR) is 92.6 cm³/mol. The minimum atomic E-state index is -1.61. The summed E-state index contributed by atoms with van der Waals surface area (Å²) >= 11 is 0. The zero-order valence-electron chi connectivity index (χ0n) is 14.0. The average Bonchev–Trinajstić information content (AvgIpc) is 3.14. The monoisotopic (exact) mass is 340 g/mol. The van der Waals surface area contributed by atoms with Crippen molar-refractivity contribution in [2.75, 3.05) is 0 Å². The highest BCUT2D eigenvalue weighted by Gasteiger charge is 2.63. The zero-order valence-corrected chi connectivity index (χ0v) is 14.9. The van der Waals surface area contributed by atoms with E-state index in [1.54, 1.807) is 19.1 Å². The van der Waals surface area contributed by atoms with Crippen molar-refractivity contribution >= 4 is 22.4 Å². The molecule has 0 aromatic heterocycles. The van der Waals surface area contributed by atoms with Gasteiger partial charge in [0.25, 0.3) is 0 Å². The van der Waals surface area contributed by atoms with Crippen molar-refractivity contribution in [3.05, 3.63) is 52.5 Å². The number of allylic oxidation sites excluding steroid dienone is 4. The first-order chi connectivity index (χ1) is 11.4. The SMILES string of the molecule is CC1=C(S(=O)c2ccc(C)cc2)C(=O)[C@]2(C)[C@@H]3C=C[C@@H](C3)[C@@H]2C1=O. The lowest BCUT2D eigenvalue weighted by molar-refractivity contribution is -0.137. The third-order valence-electron chi connectivity index (χ3n) is 6.07. The van der Waals surface area contributed by atoms with Gasteiger partial charge in [0.1, 0.15) is 0 Å². The molecule has 5 atom stereocenters. The molecule has 0 heterocycles. The number of carbonyl (C=O) groups excluding carboxylic acids is 2. The van der Waals surface area contributed by atoms with Crippen LogP contribution in [0.15, 0.2) is 51.8 Å². The Hall–Kier alpha value is -1.81. The lowest BCUT2D eigenvalue weighted by Gasteiger charge is -2.40. The summed E-state index contributed by atoms with van der Waals surface area (Å²) in [4.78, 5) is 27.1. The zero-order chi connectivity index (χ0) is 17.2. The fraction of sp³-hybridized carbons (Fsp3) is 0.400. The molecular formula is C20H20O3S. The lowest BCUT2D eigenvalue weighted by atomic mass is 9.62. The van der Waals surface area contributed by atoms with Crippen LogP contribution in [0.1, 0.15) is 25.8 Å². The molecule has 0 amide bonds. The van der Waals surface area contributed by atoms with Gasteiger partial charge in [-0.1, -0.05) is 36.8 Å². The second-order valence-electron chi connectivity index (χ2n) is 7.38. The molecule has 1 aromatic carbocycles. The van der Waals surface area contributed by atoms with Crippen LogP contribution in [-0.2, 0) is 20.4 Å². The van der Waals surface area contributed by atoms with Gasteiger partial charge in [0.2, 0.25) is 0 Å². The maximum atomic E-state index is 13.3. The van der Waals surface area contributed by atoms with E-state index in [1.165, 1.54) is 0 Å². The van der Waals surface area contributed by atoms with Gasteiger partial charge in [0, 0.05) is 21.8 Å². The van der Waals surface area contributed by atoms with Crippen molar-refractivity contribution in [1.82, 2.24) is 0 Å². The van der Waals surface area contributed by atoms with E-state index in [4.69, 9.17) is 0 Å². The van der Waals surface area contributed by atoms with Gasteiger partial charge >= 0.3 is 0 Å². The van der Waals surface area contributed by atoms with Crippen LogP contribution >= 0.6 is 0 Å². The number of Topliss-reactive ketones (excluding diaryl/α,β-unsaturated/α-hetero) is 2. The first-order valence-electron chi connectivity index (χ1n) is 8.32. The summed E-state index contributed by atoms with van der Waals surface area (Å²) in [6, 6.07) is 7.31. The molecule has 0 saturated heterocycles. The fourth-order valence-corrected chi connectivity index (χ4v) is 6.02. The highest BCUT2D eigenvalue weighted by atomic mass is 32.2. The molecule has 0 radical (unpaired) electrons. The molecule has 24 heavy (non-hydrogen) atoms. The van der Waals surface area contributed by atoms with E-state index in [1.807, 2.05) is 26.0 Å². The Morgan fingerprint density at radius 3 is 2.42 bits per heavy atom. The summed E-state index contributed by atoms with van der Waals surface area (Å²) in [5.74, 6) is -0.133. The Balaban J connectivity index is 1.83. The smallest absolute Gasteiger partial charge is 0.179 e. The summed E-state index contributed by atoms with van der Waals surface area (Å²) in [6.45, 7) is 5.52. The van der Waals surface area contributed by atoms with Crippen molar-refractivity contribution in [2.24, 2.45) is 23.2 Å². The third-order valence-corrected chi connectivity index (χ3v) is 7.63. The fourth-order valence-electron chi connectivity index (χ4n) is 4.63. The quantitative estimate of drug-likeness (QED) is 0.776. The minimum absolute atomic E-state index is 0.00408. The van der Waals surface area contributed by atoms with Gasteiger partial charge in [0.05, 0.1) is 15.7 Å². The molecule has 0 N–H and O–H groups in total. The lowest BCUT2D eigenvalue weighted by Crippen LogP contribution is -2.48. The Morgan fingerprint density at radius 1 is 1.08 bits per heavy atom. The molecule has 3 nitrogen and oxygen atoms in total. The molecule has 1 unspecified atom stereocenters. The van der Waals surface area contributed by atoms with Gasteiger partial charge in [-0.25, -0.2) is 4.21 Å². The number of hydrogen-bond acceptors (Lipinski definition) is 3. The second kappa shape index (κ2) is 5.09. The average molecular weight is 340 g/mol. The van der Waals surface area contributed by atoms with Crippen molar-refractivity contribution in [2.45, 2.75) is 32.1 Å². The van der Waals surface area contributed by atoms with Gasteiger partial charge < -0.3 is 0 Å². The molecule has 4 heteroatoms. The maximum Gasteiger partial charge on any atom is 0.179 e. The number of benzene rings is 1. The van der Waals surface area contributed by atoms with Crippen LogP contribution in [0.2, 0.25) is 0 Å². The van der Waals surface area contributed by atoms with Gasteiger partial charge in [-0.15, -0.1) is 0 Å². The summed E-state index contributed by atoms with van der Waals surface area (Å²) in [7, 11) is -1.61. The van der Waals surface area contributed by atoms with Crippen LogP contribution < -0.4 is 0 Å². The number of fused-ring (bicyclic) bond motifs is 5. The largest absolute Gasteiger partial charge is 0.294 e. The van der Waals surface area contributed by atoms with Crippen LogP contribution in [0.4, 0.5) is 0 Å². The number of aryl methyl sites for hydroxylation is 1. The van der Waals surface area contributed by atoms with Crippen LogP contribution in [-0.4, -0.2) is 15.8 Å². The van der Waals surface area contributed by atoms with Gasteiger partial charge in [-0.05, 0) is 44.2 Å². The minimum Gasteiger partial charge on any atom is -0.294 e. The van der Waals surface area contributed by atoms with E-state index >= 15 is 0 Å². The Labute approximate surface area is 144 Å². The molecule has 1 aromatic rings. The van der Waals surface area contributed by atoms with Gasteiger partial charge in [-0.3, -0.25) is 9.59 Å². The maximum absolute atomic E-state index is 13.3. The van der Waals surface area contributed by atoms with E-state index < -0.39 is 16.2 Å². The molecular weight excluding hydrogens is 320 g/mol. The van der Waals surface area contributed by atoms with Crippen LogP contribution in [0.5, 0.6) is 0 Å². The Bertz CT molecular complexity index is 846. The van der Waals surface area contributed by atoms with Crippen molar-refractivity contribution in [1.29, 1.82) is 0 Å². The Kier molecular flexibility index (Phi) is 3.33. The molecule has 3 aliphatic carbocycles. The van der Waals surface area contributed by atoms with Gasteiger partial charge in [-0.2, -0.15) is 0 Å². The van der Waals surface area contributed by atoms with E-state index in [2.05, 4.69) is 12.2 Å². The molecule has 1 fully saturated rings. The van der Waals surface area contributed by atoms with E-state index in [0.717, 1.165) is 12.0 Å². The Morgan fingerprint density at radius 2 is 1.75 bits per heavy atom. The first kappa shape index (κ1) is 15.7. The molecule has 0 aliphatic heterocycles. The molecule has 4 rings (SSSR count). The number of rotatable bonds is 2. The highest BCUT2D eigenvalue weighted by molar-refractivity contribution is 7.90. The standard InChI is InChI=1S/C20H20O3S/c1-11-4-8-15(9-5-11)24(23)18-12(2)17(21)16-13-6-7-14(10-13)20(16,3)19(18)22/h4-9,13-14,16H,10H2,1-3H3/t13-,14+,16+,20+,24?/m0/s1. The number of carbonyl (C=O) groups is 2. The second-order valence-corrected chi connectivity index (χ2v) is 8.80. The predicted octanol–water partition coefficient (Wildman–Crippen LogP) is 3.36. The third kappa shape index (κ3) is 1.86. The van der Waals surface area contributed by atoms with Crippen LogP contribution in [0.3, 0.4) is 0 Å². The molecule has 0 spiro atoms. The van der Waals surface area contributed by atoms with E-state index in [-0.39, 0.29) is 34.2 Å². The van der Waals surface area contributed by atoms with E-state index in [0.29, 0.717) is 10.5 Å². The van der Waals surface area contributed by atoms with Crippen LogP contribution in [0.25, 0.3) is 0 Å². The van der Waals surface area contributed by atoms with Crippen molar-refractivity contribution < 1.29 is 13.8 Å². The molecule has 3 aliphatic rings. The highest BCUT2D eigenvalue weighted by Crippen LogP contribution is 2.60. The molecule has 1 saturated carbocycles. The molecule has 124 valence electrons. The topological polar surface area (TPSA) is 51.2 Å². The summed E-state index contributed by atoms with van der Waals surface area (Å²) < 4.78 is 13.1. The van der Waals surface area contributed by atoms with Crippen molar-refractivity contribution in [3.63, 3.8) is 0 Å².